The molecule has 1 atom stereocenters. The maximum absolute atomic E-state index is 13.8. The van der Waals surface area contributed by atoms with Gasteiger partial charge >= 0.3 is 6.03 Å². The van der Waals surface area contributed by atoms with Crippen molar-refractivity contribution in [2.45, 2.75) is 68.2 Å². The molecule has 3 saturated heterocycles. The second-order valence-electron chi connectivity index (χ2n) is 12.2. The first-order valence-electron chi connectivity index (χ1n) is 13.7. The van der Waals surface area contributed by atoms with Crippen LogP contribution in [0.3, 0.4) is 0 Å². The van der Waals surface area contributed by atoms with E-state index in [4.69, 9.17) is 5.73 Å². The molecule has 4 heterocycles. The Morgan fingerprint density at radius 3 is 2.21 bits per heavy atom. The van der Waals surface area contributed by atoms with E-state index in [1.807, 2.05) is 34.1 Å². The number of alkyl halides is 2. The smallest absolute Gasteiger partial charge is 0.320 e. The first-order valence-corrected chi connectivity index (χ1v) is 13.7. The van der Waals surface area contributed by atoms with Crippen molar-refractivity contribution in [3.8, 4) is 0 Å². The van der Waals surface area contributed by atoms with Gasteiger partial charge in [0.25, 0.3) is 5.92 Å². The highest BCUT2D eigenvalue weighted by atomic mass is 19.3. The number of anilines is 1. The fraction of sp³-hybridized carbons (Fsp3) is 0.630. The van der Waals surface area contributed by atoms with E-state index in [9.17, 15) is 18.4 Å². The van der Waals surface area contributed by atoms with Crippen LogP contribution in [0.4, 0.5) is 19.3 Å². The Balaban J connectivity index is 0.888. The van der Waals surface area contributed by atoms with Gasteiger partial charge in [-0.25, -0.2) is 13.6 Å². The quantitative estimate of drug-likeness (QED) is 0.623. The lowest BCUT2D eigenvalue weighted by atomic mass is 9.57. The lowest BCUT2D eigenvalue weighted by Gasteiger charge is -2.59. The molecule has 1 spiro atoms. The van der Waals surface area contributed by atoms with Gasteiger partial charge in [-0.2, -0.15) is 0 Å². The number of hydrogen-bond donors (Lipinski definition) is 2. The molecule has 2 saturated carbocycles. The fourth-order valence-electron chi connectivity index (χ4n) is 6.83. The number of primary amides is 1. The predicted octanol–water partition coefficient (Wildman–Crippen LogP) is 3.17. The number of hydrogen-bond acceptors (Lipinski definition) is 5. The monoisotopic (exact) mass is 525 g/mol. The second kappa shape index (κ2) is 8.38. The van der Waals surface area contributed by atoms with Gasteiger partial charge in [0.1, 0.15) is 17.7 Å². The van der Waals surface area contributed by atoms with E-state index in [-0.39, 0.29) is 30.3 Å². The topological polar surface area (TPSA) is 111 Å². The summed E-state index contributed by atoms with van der Waals surface area (Å²) in [5, 5.41) is 8.68. The summed E-state index contributed by atoms with van der Waals surface area (Å²) >= 11 is 0. The first-order chi connectivity index (χ1) is 18.2. The third-order valence-electron chi connectivity index (χ3n) is 9.32. The largest absolute Gasteiger partial charge is 0.368 e. The number of aromatic nitrogens is 3. The summed E-state index contributed by atoms with van der Waals surface area (Å²) in [6.07, 6.45) is 3.71. The lowest BCUT2D eigenvalue weighted by molar-refractivity contribution is -0.123. The van der Waals surface area contributed by atoms with Crippen LogP contribution in [0.25, 0.3) is 0 Å². The minimum absolute atomic E-state index is 0.0869. The van der Waals surface area contributed by atoms with Crippen LogP contribution in [-0.2, 0) is 4.79 Å². The van der Waals surface area contributed by atoms with Crippen LogP contribution in [-0.4, -0.2) is 81.6 Å². The van der Waals surface area contributed by atoms with Crippen LogP contribution in [0.2, 0.25) is 0 Å². The molecule has 3 amide bonds. The summed E-state index contributed by atoms with van der Waals surface area (Å²) in [6.45, 7) is 3.07. The zero-order valence-corrected chi connectivity index (χ0v) is 21.3. The van der Waals surface area contributed by atoms with Crippen molar-refractivity contribution >= 4 is 17.6 Å². The molecule has 2 aromatic rings. The van der Waals surface area contributed by atoms with Gasteiger partial charge in [-0.05, 0) is 43.4 Å². The van der Waals surface area contributed by atoms with Gasteiger partial charge in [0.15, 0.2) is 0 Å². The Kier molecular flexibility index (Phi) is 5.26. The Morgan fingerprint density at radius 2 is 1.58 bits per heavy atom. The molecule has 9 nitrogen and oxygen atoms in total. The number of benzene rings is 1. The molecular weight excluding hydrogens is 492 g/mol. The predicted molar refractivity (Wildman–Crippen MR) is 135 cm³/mol. The van der Waals surface area contributed by atoms with E-state index in [0.29, 0.717) is 24.9 Å². The van der Waals surface area contributed by atoms with E-state index in [0.717, 1.165) is 48.8 Å². The van der Waals surface area contributed by atoms with E-state index in [2.05, 4.69) is 15.2 Å². The van der Waals surface area contributed by atoms with Crippen molar-refractivity contribution in [1.29, 1.82) is 0 Å². The average molecular weight is 526 g/mol. The molecule has 7 rings (SSSR count). The molecule has 3 aliphatic heterocycles. The highest BCUT2D eigenvalue weighted by Crippen LogP contribution is 2.56. The zero-order chi connectivity index (χ0) is 26.2. The van der Waals surface area contributed by atoms with E-state index in [1.165, 1.54) is 12.8 Å². The van der Waals surface area contributed by atoms with Crippen LogP contribution in [0.5, 0.6) is 0 Å². The van der Waals surface area contributed by atoms with Crippen LogP contribution in [0.1, 0.15) is 73.5 Å². The molecule has 1 aromatic carbocycles. The molecule has 202 valence electrons. The number of nitrogens with two attached hydrogens (primary N) is 1. The van der Waals surface area contributed by atoms with Gasteiger partial charge in [0.2, 0.25) is 5.91 Å². The Morgan fingerprint density at radius 1 is 0.921 bits per heavy atom. The van der Waals surface area contributed by atoms with Crippen molar-refractivity contribution in [3.63, 3.8) is 0 Å². The number of nitrogens with one attached hydrogen (secondary N) is 1. The fourth-order valence-corrected chi connectivity index (χ4v) is 6.83. The standard InChI is InChI=1S/C27H33F2N7O2/c28-27(29)7-8-36(21(11-27)22(30)37)20-5-3-16(4-6-20)19-12-34(13-19)25(38)35-14-26(15-35)9-18(10-26)24-31-23(32-33-24)17-1-2-17/h3-6,17-19,21H,1-2,7-15H2,(H2,30,37)(H,31,32,33)/t21-/m1/s1. The minimum atomic E-state index is -2.87. The number of nitrogens with zero attached hydrogens (tertiary/aromatic N) is 5. The lowest BCUT2D eigenvalue weighted by Crippen LogP contribution is -2.67. The average Bonchev–Trinajstić information content (AvgIpc) is 3.54. The van der Waals surface area contributed by atoms with Crippen LogP contribution in [0, 0.1) is 5.41 Å². The summed E-state index contributed by atoms with van der Waals surface area (Å²) in [7, 11) is 0. The van der Waals surface area contributed by atoms with Crippen LogP contribution < -0.4 is 10.6 Å². The number of likely N-dealkylation sites (tertiary alicyclic amines) is 2. The van der Waals surface area contributed by atoms with Crippen molar-refractivity contribution in [3.05, 3.63) is 41.5 Å². The molecule has 11 heteroatoms. The number of carbonyl (C=O) groups is 2. The first kappa shape index (κ1) is 23.8. The normalized spacial score (nSPS) is 26.6. The second-order valence-corrected chi connectivity index (χ2v) is 12.2. The Labute approximate surface area is 219 Å². The molecule has 2 aliphatic carbocycles. The van der Waals surface area contributed by atoms with Crippen molar-refractivity contribution < 1.29 is 18.4 Å². The third kappa shape index (κ3) is 4.10. The Hall–Kier alpha value is -3.24. The number of piperidine rings is 1. The molecular formula is C27H33F2N7O2. The summed E-state index contributed by atoms with van der Waals surface area (Å²) in [5.74, 6) is -0.274. The molecule has 0 bridgehead atoms. The number of amides is 3. The molecule has 5 aliphatic rings. The van der Waals surface area contributed by atoms with Crippen molar-refractivity contribution in [1.82, 2.24) is 25.0 Å². The van der Waals surface area contributed by atoms with Crippen LogP contribution >= 0.6 is 0 Å². The molecule has 38 heavy (non-hydrogen) atoms. The van der Waals surface area contributed by atoms with Gasteiger partial charge < -0.3 is 25.4 Å². The molecule has 5 fully saturated rings. The summed E-state index contributed by atoms with van der Waals surface area (Å²) in [6, 6.07) is 6.78. The van der Waals surface area contributed by atoms with E-state index in [1.54, 1.807) is 4.90 Å². The van der Waals surface area contributed by atoms with Gasteiger partial charge in [-0.1, -0.05) is 12.1 Å². The zero-order valence-electron chi connectivity index (χ0n) is 21.3. The number of H-pyrrole nitrogens is 1. The van der Waals surface area contributed by atoms with E-state index < -0.39 is 24.3 Å². The molecule has 0 unspecified atom stereocenters. The molecule has 0 radical (unpaired) electrons. The summed E-state index contributed by atoms with van der Waals surface area (Å²) in [4.78, 5) is 33.7. The Bertz CT molecular complexity index is 1240. The molecule has 1 aromatic heterocycles. The van der Waals surface area contributed by atoms with Gasteiger partial charge in [-0.15, -0.1) is 10.2 Å². The van der Waals surface area contributed by atoms with E-state index >= 15 is 0 Å². The maximum Gasteiger partial charge on any atom is 0.320 e. The SMILES string of the molecule is NC(=O)[C@H]1CC(F)(F)CCN1c1ccc(C2CN(C(=O)N3CC4(CC(c5nnc(C6CC6)[nH]5)C4)C3)C2)cc1. The van der Waals surface area contributed by atoms with Crippen LogP contribution in [0.15, 0.2) is 24.3 Å². The summed E-state index contributed by atoms with van der Waals surface area (Å²) < 4.78 is 27.6. The van der Waals surface area contributed by atoms with Crippen molar-refractivity contribution in [2.24, 2.45) is 11.1 Å². The summed E-state index contributed by atoms with van der Waals surface area (Å²) in [5.41, 5.74) is 7.49. The van der Waals surface area contributed by atoms with Gasteiger partial charge in [0.05, 0.1) is 0 Å². The van der Waals surface area contributed by atoms with Crippen molar-refractivity contribution in [2.75, 3.05) is 37.6 Å². The number of halogens is 2. The number of rotatable bonds is 5. The van der Waals surface area contributed by atoms with Gasteiger partial charge in [0, 0.05) is 74.4 Å². The highest BCUT2D eigenvalue weighted by molar-refractivity contribution is 5.84. The maximum atomic E-state index is 13.8. The minimum Gasteiger partial charge on any atom is -0.368 e. The molecule has 3 N–H and O–H groups in total. The number of carbonyl (C=O) groups excluding carboxylic acids is 2. The highest BCUT2D eigenvalue weighted by Gasteiger charge is 2.56. The number of aromatic amines is 1. The number of urea groups is 1. The third-order valence-corrected chi connectivity index (χ3v) is 9.32. The van der Waals surface area contributed by atoms with Gasteiger partial charge in [-0.3, -0.25) is 4.79 Å².